The molecule has 3 heterocycles. The monoisotopic (exact) mass is 490 g/mol. The number of rotatable bonds is 7. The first-order chi connectivity index (χ1) is 16.4. The van der Waals surface area contributed by atoms with Crippen LogP contribution in [0.1, 0.15) is 47.2 Å². The number of piperidine rings is 1. The highest BCUT2D eigenvalue weighted by molar-refractivity contribution is 6.30. The van der Waals surface area contributed by atoms with Crippen molar-refractivity contribution in [1.29, 1.82) is 0 Å². The third-order valence-corrected chi connectivity index (χ3v) is 6.65. The molecule has 2 aliphatic heterocycles. The zero-order valence-corrected chi connectivity index (χ0v) is 19.8. The number of carbonyl (C=O) groups is 2. The van der Waals surface area contributed by atoms with Crippen molar-refractivity contribution in [3.63, 3.8) is 0 Å². The van der Waals surface area contributed by atoms with Crippen LogP contribution in [0.5, 0.6) is 0 Å². The summed E-state index contributed by atoms with van der Waals surface area (Å²) in [6.45, 7) is 4.08. The number of aliphatic hydroxyl groups excluding tert-OH is 1. The number of benzene rings is 1. The molecule has 0 aliphatic carbocycles. The number of aromatic nitrogens is 2. The van der Waals surface area contributed by atoms with Crippen LogP contribution in [-0.2, 0) is 16.0 Å². The molecule has 1 N–H and O–H groups in total. The highest BCUT2D eigenvalue weighted by Gasteiger charge is 2.33. The number of amides is 1. The lowest BCUT2D eigenvalue weighted by atomic mass is 9.84. The lowest BCUT2D eigenvalue weighted by Crippen LogP contribution is -2.51. The van der Waals surface area contributed by atoms with Gasteiger partial charge in [0.2, 0.25) is 11.9 Å². The number of ether oxygens (including phenoxy) is 1. The quantitative estimate of drug-likeness (QED) is 0.596. The average molecular weight is 491 g/mol. The SMILES string of the molecule is CCOC(=O)c1ccc(CC(=O)N2CC(CO)C2)c(F)c1C1CCN(c2ncc(Cl)cn2)CC1. The van der Waals surface area contributed by atoms with Crippen molar-refractivity contribution in [2.75, 3.05) is 44.3 Å². The van der Waals surface area contributed by atoms with E-state index in [9.17, 15) is 14.7 Å². The lowest BCUT2D eigenvalue weighted by Gasteiger charge is -2.38. The lowest BCUT2D eigenvalue weighted by molar-refractivity contribution is -0.137. The molecule has 0 radical (unpaired) electrons. The van der Waals surface area contributed by atoms with Crippen molar-refractivity contribution in [2.24, 2.45) is 5.92 Å². The van der Waals surface area contributed by atoms with E-state index < -0.39 is 11.8 Å². The Morgan fingerprint density at radius 1 is 1.21 bits per heavy atom. The Hall–Kier alpha value is -2.78. The summed E-state index contributed by atoms with van der Waals surface area (Å²) < 4.78 is 21.0. The molecule has 0 spiro atoms. The second kappa shape index (κ2) is 10.7. The fourth-order valence-electron chi connectivity index (χ4n) is 4.56. The molecule has 1 aromatic carbocycles. The Kier molecular flexibility index (Phi) is 7.63. The van der Waals surface area contributed by atoms with Crippen LogP contribution < -0.4 is 4.90 Å². The Bertz CT molecular complexity index is 1040. The number of likely N-dealkylation sites (tertiary alicyclic amines) is 1. The largest absolute Gasteiger partial charge is 0.462 e. The maximum absolute atomic E-state index is 15.8. The predicted molar refractivity (Wildman–Crippen MR) is 124 cm³/mol. The summed E-state index contributed by atoms with van der Waals surface area (Å²) in [7, 11) is 0. The van der Waals surface area contributed by atoms with Crippen molar-refractivity contribution < 1.29 is 23.8 Å². The van der Waals surface area contributed by atoms with Gasteiger partial charge in [-0.2, -0.15) is 0 Å². The first kappa shape index (κ1) is 24.3. The third-order valence-electron chi connectivity index (χ3n) is 6.46. The Morgan fingerprint density at radius 3 is 2.50 bits per heavy atom. The van der Waals surface area contributed by atoms with Crippen molar-refractivity contribution in [1.82, 2.24) is 14.9 Å². The number of esters is 1. The van der Waals surface area contributed by atoms with E-state index in [0.29, 0.717) is 55.6 Å². The van der Waals surface area contributed by atoms with Gasteiger partial charge in [-0.25, -0.2) is 19.2 Å². The molecule has 2 aromatic rings. The van der Waals surface area contributed by atoms with E-state index >= 15 is 4.39 Å². The van der Waals surface area contributed by atoms with Crippen LogP contribution in [0, 0.1) is 11.7 Å². The molecule has 0 atom stereocenters. The number of aliphatic hydroxyl groups is 1. The first-order valence-corrected chi connectivity index (χ1v) is 11.9. The zero-order chi connectivity index (χ0) is 24.2. The fraction of sp³-hybridized carbons (Fsp3) is 0.500. The van der Waals surface area contributed by atoms with E-state index in [-0.39, 0.29) is 48.5 Å². The summed E-state index contributed by atoms with van der Waals surface area (Å²) in [5, 5.41) is 9.63. The smallest absolute Gasteiger partial charge is 0.338 e. The summed E-state index contributed by atoms with van der Waals surface area (Å²) >= 11 is 5.87. The second-order valence-electron chi connectivity index (χ2n) is 8.71. The van der Waals surface area contributed by atoms with Gasteiger partial charge in [0.05, 0.1) is 36.0 Å². The Morgan fingerprint density at radius 2 is 1.88 bits per heavy atom. The van der Waals surface area contributed by atoms with Gasteiger partial charge in [-0.15, -0.1) is 0 Å². The van der Waals surface area contributed by atoms with Crippen LogP contribution in [0.3, 0.4) is 0 Å². The van der Waals surface area contributed by atoms with Crippen molar-refractivity contribution in [3.05, 3.63) is 52.1 Å². The van der Waals surface area contributed by atoms with Crippen molar-refractivity contribution >= 4 is 29.4 Å². The highest BCUT2D eigenvalue weighted by atomic mass is 35.5. The molecule has 2 fully saturated rings. The molecule has 182 valence electrons. The number of halogens is 2. The fourth-order valence-corrected chi connectivity index (χ4v) is 4.66. The summed E-state index contributed by atoms with van der Waals surface area (Å²) in [6.07, 6.45) is 4.18. The molecule has 8 nitrogen and oxygen atoms in total. The van der Waals surface area contributed by atoms with E-state index in [2.05, 4.69) is 9.97 Å². The van der Waals surface area contributed by atoms with Crippen LogP contribution in [0.15, 0.2) is 24.5 Å². The van der Waals surface area contributed by atoms with Crippen LogP contribution in [0.2, 0.25) is 5.02 Å². The van der Waals surface area contributed by atoms with Crippen molar-refractivity contribution in [3.8, 4) is 0 Å². The molecule has 10 heteroatoms. The summed E-state index contributed by atoms with van der Waals surface area (Å²) in [4.78, 5) is 37.3. The number of carbonyl (C=O) groups excluding carboxylic acids is 2. The van der Waals surface area contributed by atoms with Crippen LogP contribution in [-0.4, -0.2) is 71.2 Å². The minimum absolute atomic E-state index is 0.0380. The van der Waals surface area contributed by atoms with Crippen LogP contribution in [0.4, 0.5) is 10.3 Å². The molecule has 4 rings (SSSR count). The molecule has 2 aliphatic rings. The minimum atomic E-state index is -0.564. The minimum Gasteiger partial charge on any atom is -0.462 e. The molecule has 0 unspecified atom stereocenters. The molecule has 0 saturated carbocycles. The van der Waals surface area contributed by atoms with Gasteiger partial charge in [-0.3, -0.25) is 4.79 Å². The van der Waals surface area contributed by atoms with Crippen molar-refractivity contribution in [2.45, 2.75) is 32.1 Å². The van der Waals surface area contributed by atoms with Gasteiger partial charge in [0.25, 0.3) is 0 Å². The third kappa shape index (κ3) is 5.15. The average Bonchev–Trinajstić information content (AvgIpc) is 2.80. The van der Waals surface area contributed by atoms with E-state index in [4.69, 9.17) is 16.3 Å². The zero-order valence-electron chi connectivity index (χ0n) is 19.0. The number of nitrogens with zero attached hydrogens (tertiary/aromatic N) is 4. The van der Waals surface area contributed by atoms with E-state index in [1.165, 1.54) is 18.5 Å². The predicted octanol–water partition coefficient (Wildman–Crippen LogP) is 2.82. The topological polar surface area (TPSA) is 95.9 Å². The van der Waals surface area contributed by atoms with E-state index in [1.54, 1.807) is 17.9 Å². The summed E-state index contributed by atoms with van der Waals surface area (Å²) in [6, 6.07) is 3.07. The Labute approximate surface area is 202 Å². The van der Waals surface area contributed by atoms with Gasteiger partial charge >= 0.3 is 5.97 Å². The molecule has 1 amide bonds. The standard InChI is InChI=1S/C24H28ClFN4O4/c1-2-34-23(33)19-4-3-17(9-20(32)30-12-15(13-30)14-31)22(26)21(19)16-5-7-29(8-6-16)24-27-10-18(25)11-28-24/h3-4,10-11,15-16,31H,2,5-9,12-14H2,1H3. The van der Waals surface area contributed by atoms with Gasteiger partial charge in [0.1, 0.15) is 5.82 Å². The van der Waals surface area contributed by atoms with Gasteiger partial charge in [0, 0.05) is 44.3 Å². The Balaban J connectivity index is 1.54. The number of hydrogen-bond acceptors (Lipinski definition) is 7. The molecular formula is C24H28ClFN4O4. The molecule has 2 saturated heterocycles. The maximum Gasteiger partial charge on any atom is 0.338 e. The maximum atomic E-state index is 15.8. The summed E-state index contributed by atoms with van der Waals surface area (Å²) in [5.41, 5.74) is 0.794. The number of anilines is 1. The van der Waals surface area contributed by atoms with Gasteiger partial charge in [0.15, 0.2) is 0 Å². The molecule has 0 bridgehead atoms. The van der Waals surface area contributed by atoms with E-state index in [0.717, 1.165) is 0 Å². The first-order valence-electron chi connectivity index (χ1n) is 11.5. The molecule has 1 aromatic heterocycles. The normalized spacial score (nSPS) is 16.9. The number of hydrogen-bond donors (Lipinski definition) is 1. The highest BCUT2D eigenvalue weighted by Crippen LogP contribution is 2.35. The van der Waals surface area contributed by atoms with Gasteiger partial charge < -0.3 is 19.6 Å². The summed E-state index contributed by atoms with van der Waals surface area (Å²) in [5.74, 6) is -0.825. The molecular weight excluding hydrogens is 463 g/mol. The van der Waals surface area contributed by atoms with Gasteiger partial charge in [-0.1, -0.05) is 17.7 Å². The van der Waals surface area contributed by atoms with E-state index in [1.807, 2.05) is 4.90 Å². The van der Waals surface area contributed by atoms with Crippen LogP contribution in [0.25, 0.3) is 0 Å². The van der Waals surface area contributed by atoms with Gasteiger partial charge in [-0.05, 0) is 37.3 Å². The van der Waals surface area contributed by atoms with Crippen LogP contribution >= 0.6 is 11.6 Å². The second-order valence-corrected chi connectivity index (χ2v) is 9.14. The molecule has 34 heavy (non-hydrogen) atoms.